The molecule has 2 aliphatic heterocycles. The molecular weight excluding hydrogens is 426 g/mol. The summed E-state index contributed by atoms with van der Waals surface area (Å²) in [5.41, 5.74) is 7.52. The number of carbonyl (C=O) groups is 1. The molecule has 1 aliphatic carbocycles. The van der Waals surface area contributed by atoms with Crippen molar-refractivity contribution in [2.45, 2.75) is 28.7 Å². The van der Waals surface area contributed by atoms with Crippen molar-refractivity contribution in [2.24, 2.45) is 16.4 Å². The lowest BCUT2D eigenvalue weighted by atomic mass is 10.0. The van der Waals surface area contributed by atoms with Gasteiger partial charge in [-0.25, -0.2) is 9.97 Å². The number of carbonyl (C=O) groups excluding carboxylic acids is 1. The maximum absolute atomic E-state index is 11.9. The van der Waals surface area contributed by atoms with Crippen LogP contribution in [0.4, 0.5) is 11.6 Å². The van der Waals surface area contributed by atoms with Gasteiger partial charge in [-0.05, 0) is 53.7 Å². The molecule has 2 aromatic rings. The Morgan fingerprint density at radius 3 is 2.69 bits per heavy atom. The fourth-order valence-electron chi connectivity index (χ4n) is 5.13. The molecule has 1 aromatic heterocycles. The van der Waals surface area contributed by atoms with E-state index in [2.05, 4.69) is 26.4 Å². The van der Waals surface area contributed by atoms with Gasteiger partial charge >= 0.3 is 0 Å². The van der Waals surface area contributed by atoms with E-state index in [1.807, 2.05) is 29.4 Å². The quantitative estimate of drug-likeness (QED) is 0.267. The van der Waals surface area contributed by atoms with Crippen LogP contribution in [0, 0.1) is 22.2 Å². The van der Waals surface area contributed by atoms with Crippen LogP contribution in [0.15, 0.2) is 51.6 Å². The van der Waals surface area contributed by atoms with Crippen LogP contribution in [0.5, 0.6) is 0 Å². The molecule has 3 atom stereocenters. The Morgan fingerprint density at radius 1 is 1.31 bits per heavy atom. The molecule has 0 spiro atoms. The third-order valence-electron chi connectivity index (χ3n) is 6.90. The minimum Gasteiger partial charge on any atom is -0.383 e. The highest BCUT2D eigenvalue weighted by Crippen LogP contribution is 2.77. The summed E-state index contributed by atoms with van der Waals surface area (Å²) in [5.74, 6) is 1.66. The summed E-state index contributed by atoms with van der Waals surface area (Å²) in [6.07, 6.45) is 6.48. The number of aromatic nitrogens is 2. The Kier molecular flexibility index (Phi) is 4.77. The van der Waals surface area contributed by atoms with Gasteiger partial charge in [-0.2, -0.15) is 0 Å². The summed E-state index contributed by atoms with van der Waals surface area (Å²) >= 11 is 0. The number of likely N-dealkylation sites (tertiary alicyclic amines) is 1. The molecule has 10 heteroatoms. The number of fused-ring (bicyclic) bond motifs is 2. The van der Waals surface area contributed by atoms with E-state index in [9.17, 15) is 9.70 Å². The van der Waals surface area contributed by atoms with Gasteiger partial charge in [-0.3, -0.25) is 10.2 Å². The minimum absolute atomic E-state index is 0.00585. The highest BCUT2D eigenvalue weighted by molar-refractivity contribution is 8.36. The van der Waals surface area contributed by atoms with Crippen molar-refractivity contribution in [3.05, 3.63) is 53.2 Å². The molecule has 5 rings (SSSR count). The number of nitrogens with two attached hydrogens (primary N) is 1. The first kappa shape index (κ1) is 20.6. The summed E-state index contributed by atoms with van der Waals surface area (Å²) in [5, 5.41) is 12.3. The molecule has 1 saturated carbocycles. The molecule has 2 fully saturated rings. The number of rotatable bonds is 6. The lowest BCUT2D eigenvalue weighted by molar-refractivity contribution is -0.125. The monoisotopic (exact) mass is 451 g/mol. The van der Waals surface area contributed by atoms with E-state index >= 15 is 0 Å². The Labute approximate surface area is 187 Å². The molecule has 1 aromatic carbocycles. The number of anilines is 2. The maximum Gasteiger partial charge on any atom is 0.245 e. The van der Waals surface area contributed by atoms with Crippen LogP contribution in [0.3, 0.4) is 0 Å². The van der Waals surface area contributed by atoms with Gasteiger partial charge in [-0.1, -0.05) is 22.9 Å². The fraction of sp³-hybridized carbons (Fsp3) is 0.364. The SMILES string of the molecule is C=CC(=O)N1CC2CC(Nc3ncnc(N)c3C(=N)c3ccc4c(c3)S4(C)N=O)CC2C1. The molecule has 4 N–H and O–H groups in total. The van der Waals surface area contributed by atoms with Gasteiger partial charge in [0.2, 0.25) is 5.91 Å². The summed E-state index contributed by atoms with van der Waals surface area (Å²) in [4.78, 5) is 35.4. The van der Waals surface area contributed by atoms with Crippen LogP contribution in [-0.2, 0) is 4.79 Å². The molecule has 9 nitrogen and oxygen atoms in total. The first-order valence-corrected chi connectivity index (χ1v) is 12.5. The smallest absolute Gasteiger partial charge is 0.245 e. The fourth-order valence-corrected chi connectivity index (χ4v) is 7.12. The van der Waals surface area contributed by atoms with E-state index in [1.54, 1.807) is 0 Å². The number of nitroso groups, excluding NO2 is 1. The molecule has 0 bridgehead atoms. The third-order valence-corrected chi connectivity index (χ3v) is 9.40. The molecular formula is C22H25N7O2S. The van der Waals surface area contributed by atoms with Crippen LogP contribution in [0.1, 0.15) is 24.0 Å². The van der Waals surface area contributed by atoms with Crippen LogP contribution in [-0.4, -0.2) is 51.9 Å². The number of nitrogens with one attached hydrogen (secondary N) is 2. The number of benzene rings is 1. The largest absolute Gasteiger partial charge is 0.383 e. The first-order chi connectivity index (χ1) is 15.4. The average molecular weight is 452 g/mol. The molecule has 1 amide bonds. The number of hydrogen-bond donors (Lipinski definition) is 3. The Balaban J connectivity index is 1.34. The zero-order chi connectivity index (χ0) is 22.6. The molecule has 0 radical (unpaired) electrons. The minimum atomic E-state index is -1.71. The van der Waals surface area contributed by atoms with Gasteiger partial charge in [0.15, 0.2) is 0 Å². The second-order valence-electron chi connectivity index (χ2n) is 8.75. The topological polar surface area (TPSA) is 137 Å². The third kappa shape index (κ3) is 3.17. The molecule has 32 heavy (non-hydrogen) atoms. The van der Waals surface area contributed by atoms with E-state index in [0.717, 1.165) is 35.7 Å². The van der Waals surface area contributed by atoms with Crippen LogP contribution in [0.2, 0.25) is 0 Å². The normalized spacial score (nSPS) is 29.4. The number of nitrogen functional groups attached to an aromatic ring is 1. The van der Waals surface area contributed by atoms with E-state index in [-0.39, 0.29) is 23.5 Å². The zero-order valence-corrected chi connectivity index (χ0v) is 18.6. The van der Waals surface area contributed by atoms with Crippen molar-refractivity contribution >= 4 is 33.5 Å². The highest BCUT2D eigenvalue weighted by Gasteiger charge is 2.44. The van der Waals surface area contributed by atoms with Gasteiger partial charge < -0.3 is 16.0 Å². The zero-order valence-electron chi connectivity index (χ0n) is 17.7. The Bertz CT molecular complexity index is 1150. The number of amides is 1. The van der Waals surface area contributed by atoms with Crippen molar-refractivity contribution in [3.63, 3.8) is 0 Å². The molecule has 166 valence electrons. The van der Waals surface area contributed by atoms with Gasteiger partial charge in [0, 0.05) is 34.5 Å². The Hall–Kier alpha value is -3.27. The van der Waals surface area contributed by atoms with E-state index in [1.165, 1.54) is 12.4 Å². The summed E-state index contributed by atoms with van der Waals surface area (Å²) < 4.78 is 3.30. The number of nitrogens with zero attached hydrogens (tertiary/aromatic N) is 4. The van der Waals surface area contributed by atoms with Crippen molar-refractivity contribution in [1.29, 1.82) is 5.41 Å². The van der Waals surface area contributed by atoms with Crippen molar-refractivity contribution in [1.82, 2.24) is 14.9 Å². The second-order valence-corrected chi connectivity index (χ2v) is 11.5. The average Bonchev–Trinajstić information content (AvgIpc) is 3.04. The predicted molar refractivity (Wildman–Crippen MR) is 125 cm³/mol. The lowest BCUT2D eigenvalue weighted by Crippen LogP contribution is -2.30. The van der Waals surface area contributed by atoms with Gasteiger partial charge in [-0.15, -0.1) is 4.91 Å². The van der Waals surface area contributed by atoms with Crippen LogP contribution < -0.4 is 11.1 Å². The highest BCUT2D eigenvalue weighted by atomic mass is 32.3. The molecule has 3 unspecified atom stereocenters. The predicted octanol–water partition coefficient (Wildman–Crippen LogP) is 3.16. The van der Waals surface area contributed by atoms with E-state index < -0.39 is 10.2 Å². The molecule has 1 saturated heterocycles. The van der Waals surface area contributed by atoms with Crippen molar-refractivity contribution in [3.8, 4) is 0 Å². The molecule has 3 heterocycles. The second kappa shape index (κ2) is 7.40. The van der Waals surface area contributed by atoms with Crippen molar-refractivity contribution < 1.29 is 4.79 Å². The van der Waals surface area contributed by atoms with Crippen LogP contribution >= 0.6 is 10.2 Å². The summed E-state index contributed by atoms with van der Waals surface area (Å²) in [7, 11) is -1.71. The number of hydrogen-bond acceptors (Lipinski definition) is 8. The summed E-state index contributed by atoms with van der Waals surface area (Å²) in [6, 6.07) is 5.74. The molecule has 3 aliphatic rings. The van der Waals surface area contributed by atoms with Crippen LogP contribution in [0.25, 0.3) is 0 Å². The Morgan fingerprint density at radius 2 is 2.03 bits per heavy atom. The van der Waals surface area contributed by atoms with E-state index in [4.69, 9.17) is 11.1 Å². The van der Waals surface area contributed by atoms with E-state index in [0.29, 0.717) is 28.8 Å². The van der Waals surface area contributed by atoms with Gasteiger partial charge in [0.1, 0.15) is 18.0 Å². The van der Waals surface area contributed by atoms with Gasteiger partial charge in [0.25, 0.3) is 0 Å². The maximum atomic E-state index is 11.9. The standard InChI is InChI=1S/C22H25N7O2S/c1-3-18(30)29-9-13-6-15(7-14(13)10-29)27-22-19(21(24)25-11-26-22)20(23)12-4-5-16-17(8-12)32(16,2)28-31/h3-5,8,11,13-15,23H,1,6-7,9-10H2,2H3,(H3,24,25,26,27). The van der Waals surface area contributed by atoms with Crippen molar-refractivity contribution in [2.75, 3.05) is 30.4 Å². The summed E-state index contributed by atoms with van der Waals surface area (Å²) in [6.45, 7) is 5.09. The van der Waals surface area contributed by atoms with Gasteiger partial charge in [0.05, 0.1) is 11.3 Å². The lowest BCUT2D eigenvalue weighted by Gasteiger charge is -2.20. The first-order valence-electron chi connectivity index (χ1n) is 10.5.